The molecule has 0 fully saturated rings. The molecule has 5 heteroatoms. The van der Waals surface area contributed by atoms with E-state index in [1.807, 2.05) is 43.7 Å². The summed E-state index contributed by atoms with van der Waals surface area (Å²) in [6.45, 7) is 3.79. The Balaban J connectivity index is 2.33. The number of imidazole rings is 1. The van der Waals surface area contributed by atoms with E-state index in [-0.39, 0.29) is 11.9 Å². The molecule has 1 aromatic heterocycles. The summed E-state index contributed by atoms with van der Waals surface area (Å²) in [5, 5.41) is 0. The predicted octanol–water partition coefficient (Wildman–Crippen LogP) is 1.58. The number of nitrogens with zero attached hydrogens (tertiary/aromatic N) is 3. The standard InChI is InChI=1S/C14H20N4O/c1-9(15)7-14(19)18(4)11-5-6-13-12(8-11)16-10(2)17(13)3/h5-6,8-9H,7,15H2,1-4H3. The minimum absolute atomic E-state index is 0.0157. The molecular formula is C14H20N4O. The zero-order valence-electron chi connectivity index (χ0n) is 11.8. The van der Waals surface area contributed by atoms with Crippen LogP contribution >= 0.6 is 0 Å². The molecule has 1 atom stereocenters. The van der Waals surface area contributed by atoms with Crippen molar-refractivity contribution in [2.45, 2.75) is 26.3 Å². The second-order valence-corrected chi connectivity index (χ2v) is 5.03. The van der Waals surface area contributed by atoms with E-state index in [1.54, 1.807) is 11.9 Å². The number of anilines is 1. The van der Waals surface area contributed by atoms with Crippen LogP contribution in [0.4, 0.5) is 5.69 Å². The highest BCUT2D eigenvalue weighted by Crippen LogP contribution is 2.22. The molecule has 5 nitrogen and oxygen atoms in total. The van der Waals surface area contributed by atoms with Crippen LogP contribution in [0.25, 0.3) is 11.0 Å². The van der Waals surface area contributed by atoms with Gasteiger partial charge in [-0.3, -0.25) is 4.79 Å². The van der Waals surface area contributed by atoms with Crippen molar-refractivity contribution >= 4 is 22.6 Å². The van der Waals surface area contributed by atoms with Gasteiger partial charge in [-0.15, -0.1) is 0 Å². The molecule has 19 heavy (non-hydrogen) atoms. The van der Waals surface area contributed by atoms with Crippen molar-refractivity contribution in [2.75, 3.05) is 11.9 Å². The van der Waals surface area contributed by atoms with Crippen molar-refractivity contribution in [2.24, 2.45) is 12.8 Å². The quantitative estimate of drug-likeness (QED) is 0.911. The average Bonchev–Trinajstić information content (AvgIpc) is 2.63. The summed E-state index contributed by atoms with van der Waals surface area (Å²) in [7, 11) is 3.75. The molecule has 1 aromatic carbocycles. The van der Waals surface area contributed by atoms with E-state index in [0.29, 0.717) is 6.42 Å². The topological polar surface area (TPSA) is 64.2 Å². The van der Waals surface area contributed by atoms with Crippen LogP contribution in [0.5, 0.6) is 0 Å². The summed E-state index contributed by atoms with van der Waals surface area (Å²) >= 11 is 0. The first-order valence-corrected chi connectivity index (χ1v) is 6.35. The maximum absolute atomic E-state index is 12.0. The number of carbonyl (C=O) groups excluding carboxylic acids is 1. The van der Waals surface area contributed by atoms with Gasteiger partial charge < -0.3 is 15.2 Å². The van der Waals surface area contributed by atoms with Gasteiger partial charge in [-0.2, -0.15) is 0 Å². The van der Waals surface area contributed by atoms with E-state index in [2.05, 4.69) is 4.98 Å². The summed E-state index contributed by atoms with van der Waals surface area (Å²) in [6, 6.07) is 5.72. The molecular weight excluding hydrogens is 240 g/mol. The Morgan fingerprint density at radius 2 is 2.21 bits per heavy atom. The summed E-state index contributed by atoms with van der Waals surface area (Å²) in [6.07, 6.45) is 0.343. The molecule has 0 saturated heterocycles. The number of aryl methyl sites for hydroxylation is 2. The Morgan fingerprint density at radius 1 is 1.53 bits per heavy atom. The lowest BCUT2D eigenvalue weighted by Gasteiger charge is -2.18. The zero-order chi connectivity index (χ0) is 14.2. The molecule has 0 radical (unpaired) electrons. The van der Waals surface area contributed by atoms with Gasteiger partial charge >= 0.3 is 0 Å². The van der Waals surface area contributed by atoms with Crippen LogP contribution in [0, 0.1) is 6.92 Å². The molecule has 1 amide bonds. The van der Waals surface area contributed by atoms with Crippen LogP contribution in [0.2, 0.25) is 0 Å². The first kappa shape index (κ1) is 13.5. The molecule has 0 saturated carbocycles. The Morgan fingerprint density at radius 3 is 2.84 bits per heavy atom. The first-order valence-electron chi connectivity index (χ1n) is 6.35. The van der Waals surface area contributed by atoms with Crippen molar-refractivity contribution < 1.29 is 4.79 Å². The van der Waals surface area contributed by atoms with E-state index in [4.69, 9.17) is 5.73 Å². The lowest BCUT2D eigenvalue weighted by molar-refractivity contribution is -0.118. The molecule has 0 aliphatic rings. The Kier molecular flexibility index (Phi) is 3.57. The molecule has 1 unspecified atom stereocenters. The third-order valence-corrected chi connectivity index (χ3v) is 3.35. The maximum Gasteiger partial charge on any atom is 0.228 e. The number of carbonyl (C=O) groups is 1. The van der Waals surface area contributed by atoms with Crippen molar-refractivity contribution in [3.05, 3.63) is 24.0 Å². The van der Waals surface area contributed by atoms with Gasteiger partial charge in [-0.05, 0) is 32.0 Å². The summed E-state index contributed by atoms with van der Waals surface area (Å²) < 4.78 is 2.03. The normalized spacial score (nSPS) is 12.7. The molecule has 102 valence electrons. The number of hydrogen-bond acceptors (Lipinski definition) is 3. The fourth-order valence-corrected chi connectivity index (χ4v) is 2.07. The van der Waals surface area contributed by atoms with E-state index < -0.39 is 0 Å². The Labute approximate surface area is 113 Å². The summed E-state index contributed by atoms with van der Waals surface area (Å²) in [5.74, 6) is 0.971. The van der Waals surface area contributed by atoms with Gasteiger partial charge in [0.15, 0.2) is 0 Å². The van der Waals surface area contributed by atoms with E-state index in [1.165, 1.54) is 0 Å². The van der Waals surface area contributed by atoms with Gasteiger partial charge in [-0.25, -0.2) is 4.98 Å². The van der Waals surface area contributed by atoms with Gasteiger partial charge in [0.2, 0.25) is 5.91 Å². The highest BCUT2D eigenvalue weighted by atomic mass is 16.2. The summed E-state index contributed by atoms with van der Waals surface area (Å²) in [5.41, 5.74) is 8.47. The van der Waals surface area contributed by atoms with Crippen molar-refractivity contribution in [3.63, 3.8) is 0 Å². The van der Waals surface area contributed by atoms with Crippen LogP contribution in [0.3, 0.4) is 0 Å². The average molecular weight is 260 g/mol. The van der Waals surface area contributed by atoms with Gasteiger partial charge in [-0.1, -0.05) is 0 Å². The molecule has 2 N–H and O–H groups in total. The fraction of sp³-hybridized carbons (Fsp3) is 0.429. The van der Waals surface area contributed by atoms with Gasteiger partial charge in [0.1, 0.15) is 5.82 Å². The van der Waals surface area contributed by atoms with Crippen LogP contribution in [-0.2, 0) is 11.8 Å². The van der Waals surface area contributed by atoms with Gasteiger partial charge in [0.25, 0.3) is 0 Å². The minimum atomic E-state index is -0.129. The second-order valence-electron chi connectivity index (χ2n) is 5.03. The predicted molar refractivity (Wildman–Crippen MR) is 77.1 cm³/mol. The Bertz CT molecular complexity index is 615. The smallest absolute Gasteiger partial charge is 0.228 e. The number of fused-ring (bicyclic) bond motifs is 1. The lowest BCUT2D eigenvalue weighted by atomic mass is 10.2. The minimum Gasteiger partial charge on any atom is -0.331 e. The van der Waals surface area contributed by atoms with Crippen molar-refractivity contribution in [1.82, 2.24) is 9.55 Å². The molecule has 2 aromatic rings. The van der Waals surface area contributed by atoms with Gasteiger partial charge in [0.05, 0.1) is 11.0 Å². The number of rotatable bonds is 3. The fourth-order valence-electron chi connectivity index (χ4n) is 2.07. The van der Waals surface area contributed by atoms with Crippen LogP contribution < -0.4 is 10.6 Å². The van der Waals surface area contributed by atoms with Gasteiger partial charge in [0, 0.05) is 32.2 Å². The highest BCUT2D eigenvalue weighted by molar-refractivity contribution is 5.95. The molecule has 0 aliphatic carbocycles. The monoisotopic (exact) mass is 260 g/mol. The third kappa shape index (κ3) is 2.61. The third-order valence-electron chi connectivity index (χ3n) is 3.35. The number of aromatic nitrogens is 2. The van der Waals surface area contributed by atoms with E-state index >= 15 is 0 Å². The summed E-state index contributed by atoms with van der Waals surface area (Å²) in [4.78, 5) is 18.1. The Hall–Kier alpha value is -1.88. The number of hydrogen-bond donors (Lipinski definition) is 1. The maximum atomic E-state index is 12.0. The second kappa shape index (κ2) is 5.01. The molecule has 2 rings (SSSR count). The van der Waals surface area contributed by atoms with Crippen molar-refractivity contribution in [1.29, 1.82) is 0 Å². The number of benzene rings is 1. The lowest BCUT2D eigenvalue weighted by Crippen LogP contribution is -2.31. The molecule has 0 spiro atoms. The SMILES string of the molecule is Cc1nc2cc(N(C)C(=O)CC(C)N)ccc2n1C. The number of amides is 1. The van der Waals surface area contributed by atoms with Crippen molar-refractivity contribution in [3.8, 4) is 0 Å². The molecule has 1 heterocycles. The van der Waals surface area contributed by atoms with Crippen LogP contribution in [0.1, 0.15) is 19.2 Å². The molecule has 0 aliphatic heterocycles. The first-order chi connectivity index (χ1) is 8.90. The molecule has 0 bridgehead atoms. The van der Waals surface area contributed by atoms with E-state index in [9.17, 15) is 4.79 Å². The number of nitrogens with two attached hydrogens (primary N) is 1. The van der Waals surface area contributed by atoms with E-state index in [0.717, 1.165) is 22.5 Å². The zero-order valence-corrected chi connectivity index (χ0v) is 11.8. The van der Waals surface area contributed by atoms with Crippen LogP contribution in [-0.4, -0.2) is 28.5 Å². The highest BCUT2D eigenvalue weighted by Gasteiger charge is 2.14. The van der Waals surface area contributed by atoms with Crippen LogP contribution in [0.15, 0.2) is 18.2 Å². The largest absolute Gasteiger partial charge is 0.331 e.